The van der Waals surface area contributed by atoms with Crippen LogP contribution in [0.2, 0.25) is 0 Å². The van der Waals surface area contributed by atoms with Gasteiger partial charge in [-0.1, -0.05) is 49.7 Å². The summed E-state index contributed by atoms with van der Waals surface area (Å²) in [6, 6.07) is 12.4. The molecule has 0 spiro atoms. The lowest BCUT2D eigenvalue weighted by Gasteiger charge is -2.16. The van der Waals surface area contributed by atoms with Crippen molar-refractivity contribution < 1.29 is 19.1 Å². The second kappa shape index (κ2) is 9.02. The minimum absolute atomic E-state index is 0.197. The molecular formula is C21H24O4. The summed E-state index contributed by atoms with van der Waals surface area (Å²) in [7, 11) is 3.08. The van der Waals surface area contributed by atoms with Crippen LogP contribution in [0, 0.1) is 0 Å². The van der Waals surface area contributed by atoms with E-state index in [-0.39, 0.29) is 18.0 Å². The third kappa shape index (κ3) is 4.47. The quantitative estimate of drug-likeness (QED) is 0.498. The van der Waals surface area contributed by atoms with E-state index in [4.69, 9.17) is 9.47 Å². The molecule has 2 aromatic rings. The van der Waals surface area contributed by atoms with Gasteiger partial charge in [-0.15, -0.1) is 0 Å². The van der Waals surface area contributed by atoms with Crippen molar-refractivity contribution in [1.29, 1.82) is 0 Å². The Labute approximate surface area is 148 Å². The van der Waals surface area contributed by atoms with Gasteiger partial charge in [-0.2, -0.15) is 0 Å². The van der Waals surface area contributed by atoms with Crippen LogP contribution in [0.25, 0.3) is 0 Å². The highest BCUT2D eigenvalue weighted by Gasteiger charge is 2.22. The number of rotatable bonds is 9. The van der Waals surface area contributed by atoms with E-state index in [1.807, 2.05) is 12.1 Å². The molecule has 132 valence electrons. The molecule has 0 fully saturated rings. The van der Waals surface area contributed by atoms with Crippen LogP contribution < -0.4 is 9.47 Å². The van der Waals surface area contributed by atoms with Gasteiger partial charge in [0.1, 0.15) is 0 Å². The van der Waals surface area contributed by atoms with Crippen LogP contribution in [0.3, 0.4) is 0 Å². The largest absolute Gasteiger partial charge is 0.493 e. The third-order valence-electron chi connectivity index (χ3n) is 4.12. The van der Waals surface area contributed by atoms with Gasteiger partial charge in [-0.3, -0.25) is 9.59 Å². The number of unbranched alkanes of at least 4 members (excludes halogenated alkanes) is 1. The molecule has 25 heavy (non-hydrogen) atoms. The summed E-state index contributed by atoms with van der Waals surface area (Å²) in [5, 5.41) is 0. The summed E-state index contributed by atoms with van der Waals surface area (Å²) in [5.41, 5.74) is 1.91. The van der Waals surface area contributed by atoms with Gasteiger partial charge in [0.15, 0.2) is 23.1 Å². The summed E-state index contributed by atoms with van der Waals surface area (Å²) in [4.78, 5) is 24.9. The van der Waals surface area contributed by atoms with Crippen LogP contribution in [-0.2, 0) is 6.42 Å². The van der Waals surface area contributed by atoms with Crippen LogP contribution in [0.4, 0.5) is 0 Å². The zero-order valence-corrected chi connectivity index (χ0v) is 15.0. The Bertz CT molecular complexity index is 735. The molecule has 0 amide bonds. The lowest BCUT2D eigenvalue weighted by Crippen LogP contribution is -2.11. The van der Waals surface area contributed by atoms with E-state index in [0.29, 0.717) is 22.6 Å². The molecule has 2 rings (SSSR count). The summed E-state index contributed by atoms with van der Waals surface area (Å²) in [6.07, 6.45) is 2.75. The Kier molecular flexibility index (Phi) is 6.75. The van der Waals surface area contributed by atoms with Crippen LogP contribution in [0.15, 0.2) is 42.5 Å². The van der Waals surface area contributed by atoms with Gasteiger partial charge in [0.25, 0.3) is 0 Å². The van der Waals surface area contributed by atoms with Crippen LogP contribution in [0.1, 0.15) is 52.5 Å². The van der Waals surface area contributed by atoms with Crippen LogP contribution in [0.5, 0.6) is 11.5 Å². The van der Waals surface area contributed by atoms with Crippen molar-refractivity contribution in [1.82, 2.24) is 0 Å². The normalized spacial score (nSPS) is 10.4. The van der Waals surface area contributed by atoms with Gasteiger partial charge in [-0.05, 0) is 24.5 Å². The molecule has 0 aliphatic carbocycles. The maximum Gasteiger partial charge on any atom is 0.174 e. The van der Waals surface area contributed by atoms with E-state index >= 15 is 0 Å². The Hall–Kier alpha value is -2.62. The number of carbonyl (C=O) groups excluding carboxylic acids is 2. The van der Waals surface area contributed by atoms with Crippen LogP contribution in [-0.4, -0.2) is 25.8 Å². The molecule has 0 radical (unpaired) electrons. The number of carbonyl (C=O) groups is 2. The molecule has 0 saturated heterocycles. The molecule has 2 aromatic carbocycles. The minimum Gasteiger partial charge on any atom is -0.493 e. The maximum absolute atomic E-state index is 12.6. The number of hydrogen-bond acceptors (Lipinski definition) is 4. The van der Waals surface area contributed by atoms with Crippen molar-refractivity contribution in [2.24, 2.45) is 0 Å². The van der Waals surface area contributed by atoms with Gasteiger partial charge in [0.05, 0.1) is 26.2 Å². The highest BCUT2D eigenvalue weighted by molar-refractivity contribution is 6.14. The van der Waals surface area contributed by atoms with Crippen LogP contribution >= 0.6 is 0 Å². The zero-order chi connectivity index (χ0) is 18.2. The Balaban J connectivity index is 2.28. The van der Waals surface area contributed by atoms with E-state index in [1.54, 1.807) is 37.4 Å². The predicted octanol–water partition coefficient (Wildman–Crippen LogP) is 4.50. The highest BCUT2D eigenvalue weighted by Crippen LogP contribution is 2.36. The molecule has 0 aromatic heterocycles. The van der Waals surface area contributed by atoms with Crippen molar-refractivity contribution in [2.45, 2.75) is 32.6 Å². The van der Waals surface area contributed by atoms with Crippen molar-refractivity contribution in [3.8, 4) is 11.5 Å². The number of ether oxygens (including phenoxy) is 2. The predicted molar refractivity (Wildman–Crippen MR) is 97.9 cm³/mol. The summed E-state index contributed by atoms with van der Waals surface area (Å²) < 4.78 is 10.9. The van der Waals surface area contributed by atoms with Gasteiger partial charge in [-0.25, -0.2) is 0 Å². The first-order valence-electron chi connectivity index (χ1n) is 8.47. The molecule has 4 heteroatoms. The highest BCUT2D eigenvalue weighted by atomic mass is 16.5. The molecule has 0 aliphatic heterocycles. The maximum atomic E-state index is 12.6. The first-order valence-corrected chi connectivity index (χ1v) is 8.47. The molecule has 0 unspecified atom stereocenters. The number of hydrogen-bond donors (Lipinski definition) is 0. The SMILES string of the molecule is CCCCc1ccc(C(=O)CC(=O)c2ccccc2)c(OC)c1OC. The smallest absolute Gasteiger partial charge is 0.174 e. The van der Waals surface area contributed by atoms with Gasteiger partial charge >= 0.3 is 0 Å². The fourth-order valence-corrected chi connectivity index (χ4v) is 2.78. The molecule has 0 atom stereocenters. The number of methoxy groups -OCH3 is 2. The average Bonchev–Trinajstić information content (AvgIpc) is 2.65. The van der Waals surface area contributed by atoms with E-state index < -0.39 is 0 Å². The Morgan fingerprint density at radius 1 is 0.880 bits per heavy atom. The third-order valence-corrected chi connectivity index (χ3v) is 4.12. The van der Waals surface area contributed by atoms with Crippen molar-refractivity contribution >= 4 is 11.6 Å². The first-order chi connectivity index (χ1) is 12.1. The number of ketones is 2. The van der Waals surface area contributed by atoms with E-state index in [2.05, 4.69) is 6.92 Å². The zero-order valence-electron chi connectivity index (χ0n) is 15.0. The molecule has 0 aliphatic rings. The van der Waals surface area contributed by atoms with Gasteiger partial charge < -0.3 is 9.47 Å². The lowest BCUT2D eigenvalue weighted by atomic mass is 9.97. The van der Waals surface area contributed by atoms with E-state index in [1.165, 1.54) is 7.11 Å². The molecule has 0 bridgehead atoms. The lowest BCUT2D eigenvalue weighted by molar-refractivity contribution is 0.0892. The topological polar surface area (TPSA) is 52.6 Å². The van der Waals surface area contributed by atoms with Crippen molar-refractivity contribution in [2.75, 3.05) is 14.2 Å². The summed E-state index contributed by atoms with van der Waals surface area (Å²) in [5.74, 6) is 0.503. The Morgan fingerprint density at radius 2 is 1.56 bits per heavy atom. The Morgan fingerprint density at radius 3 is 2.16 bits per heavy atom. The average molecular weight is 340 g/mol. The molecule has 4 nitrogen and oxygen atoms in total. The number of benzene rings is 2. The van der Waals surface area contributed by atoms with E-state index in [0.717, 1.165) is 24.8 Å². The molecule has 0 heterocycles. The van der Waals surface area contributed by atoms with E-state index in [9.17, 15) is 9.59 Å². The number of aryl methyl sites for hydroxylation is 1. The second-order valence-electron chi connectivity index (χ2n) is 5.83. The second-order valence-corrected chi connectivity index (χ2v) is 5.83. The van der Waals surface area contributed by atoms with Gasteiger partial charge in [0.2, 0.25) is 0 Å². The monoisotopic (exact) mass is 340 g/mol. The first kappa shape index (κ1) is 18.7. The summed E-state index contributed by atoms with van der Waals surface area (Å²) in [6.45, 7) is 2.12. The minimum atomic E-state index is -0.272. The fraction of sp³-hybridized carbons (Fsp3) is 0.333. The summed E-state index contributed by atoms with van der Waals surface area (Å²) >= 11 is 0. The molecular weight excluding hydrogens is 316 g/mol. The number of Topliss-reactive ketones (excluding diaryl/α,β-unsaturated/α-hetero) is 2. The van der Waals surface area contributed by atoms with Crippen molar-refractivity contribution in [3.63, 3.8) is 0 Å². The van der Waals surface area contributed by atoms with Crippen molar-refractivity contribution in [3.05, 3.63) is 59.2 Å². The molecule has 0 saturated carbocycles. The molecule has 0 N–H and O–H groups in total. The van der Waals surface area contributed by atoms with Gasteiger partial charge in [0, 0.05) is 5.56 Å². The standard InChI is InChI=1S/C21H24O4/c1-4-5-9-16-12-13-17(21(25-3)20(16)24-2)19(23)14-18(22)15-10-7-6-8-11-15/h6-8,10-13H,4-5,9,14H2,1-3H3. The fourth-order valence-electron chi connectivity index (χ4n) is 2.78.